The number of phenolic OH excluding ortho intramolecular Hbond substituents is 1. The summed E-state index contributed by atoms with van der Waals surface area (Å²) in [5.74, 6) is -1.01. The highest BCUT2D eigenvalue weighted by Gasteiger charge is 2.26. The van der Waals surface area contributed by atoms with Crippen molar-refractivity contribution in [3.8, 4) is 5.75 Å². The number of hydrogen-bond acceptors (Lipinski definition) is 3. The summed E-state index contributed by atoms with van der Waals surface area (Å²) >= 11 is 0. The number of rotatable bonds is 4. The lowest BCUT2D eigenvalue weighted by Gasteiger charge is -2.29. The average molecular weight is 266 g/mol. The van der Waals surface area contributed by atoms with Gasteiger partial charge in [0.2, 0.25) is 0 Å². The van der Waals surface area contributed by atoms with E-state index in [1.165, 1.54) is 31.0 Å². The number of aliphatic carboxylic acids is 1. The Kier molecular flexibility index (Phi) is 4.74. The quantitative estimate of drug-likeness (QED) is 0.869. The molecule has 2 amide bonds. The van der Waals surface area contributed by atoms with Crippen molar-refractivity contribution < 1.29 is 19.8 Å². The minimum Gasteiger partial charge on any atom is -0.508 e. The Morgan fingerprint density at radius 1 is 1.37 bits per heavy atom. The SMILES string of the molecule is CCN(C(=O)N(C)C(C)C(=O)O)c1cccc(O)c1. The van der Waals surface area contributed by atoms with Crippen molar-refractivity contribution in [3.63, 3.8) is 0 Å². The molecule has 19 heavy (non-hydrogen) atoms. The summed E-state index contributed by atoms with van der Waals surface area (Å²) in [5.41, 5.74) is 0.525. The number of carboxylic acid groups (broad SMARTS) is 1. The minimum atomic E-state index is -1.07. The molecule has 1 atom stereocenters. The number of aromatic hydroxyl groups is 1. The van der Waals surface area contributed by atoms with E-state index in [1.807, 2.05) is 0 Å². The van der Waals surface area contributed by atoms with E-state index in [9.17, 15) is 14.7 Å². The van der Waals surface area contributed by atoms with Gasteiger partial charge in [0.15, 0.2) is 0 Å². The Balaban J connectivity index is 2.97. The number of urea groups is 1. The molecule has 0 saturated carbocycles. The lowest BCUT2D eigenvalue weighted by Crippen LogP contribution is -2.48. The average Bonchev–Trinajstić information content (AvgIpc) is 2.37. The number of hydrogen-bond donors (Lipinski definition) is 2. The number of likely N-dealkylation sites (N-methyl/N-ethyl adjacent to an activating group) is 1. The van der Waals surface area contributed by atoms with Crippen molar-refractivity contribution in [1.82, 2.24) is 4.90 Å². The first-order chi connectivity index (χ1) is 8.88. The van der Waals surface area contributed by atoms with Crippen LogP contribution in [0.5, 0.6) is 5.75 Å². The van der Waals surface area contributed by atoms with Crippen molar-refractivity contribution >= 4 is 17.7 Å². The maximum atomic E-state index is 12.2. The maximum absolute atomic E-state index is 12.2. The van der Waals surface area contributed by atoms with E-state index < -0.39 is 18.0 Å². The number of amides is 2. The molecule has 0 saturated heterocycles. The first-order valence-electron chi connectivity index (χ1n) is 5.94. The fourth-order valence-electron chi connectivity index (χ4n) is 1.61. The highest BCUT2D eigenvalue weighted by molar-refractivity contribution is 5.94. The Hall–Kier alpha value is -2.24. The van der Waals surface area contributed by atoms with Crippen LogP contribution in [0.2, 0.25) is 0 Å². The molecule has 104 valence electrons. The second-order valence-electron chi connectivity index (χ2n) is 4.17. The zero-order valence-corrected chi connectivity index (χ0v) is 11.2. The van der Waals surface area contributed by atoms with Crippen LogP contribution < -0.4 is 4.90 Å². The lowest BCUT2D eigenvalue weighted by molar-refractivity contribution is -0.141. The fourth-order valence-corrected chi connectivity index (χ4v) is 1.61. The van der Waals surface area contributed by atoms with Crippen molar-refractivity contribution in [2.45, 2.75) is 19.9 Å². The van der Waals surface area contributed by atoms with Gasteiger partial charge in [-0.3, -0.25) is 4.90 Å². The van der Waals surface area contributed by atoms with Gasteiger partial charge in [0.1, 0.15) is 11.8 Å². The molecular weight excluding hydrogens is 248 g/mol. The Bertz CT molecular complexity index is 475. The standard InChI is InChI=1S/C13H18N2O4/c1-4-15(10-6-5-7-11(16)8-10)13(19)14(3)9(2)12(17)18/h5-9,16H,4H2,1-3H3,(H,17,18). The molecule has 1 rings (SSSR count). The predicted molar refractivity (Wildman–Crippen MR) is 71.4 cm³/mol. The van der Waals surface area contributed by atoms with Crippen LogP contribution in [0.15, 0.2) is 24.3 Å². The molecule has 0 spiro atoms. The zero-order valence-electron chi connectivity index (χ0n) is 11.2. The monoisotopic (exact) mass is 266 g/mol. The molecule has 1 aromatic carbocycles. The van der Waals surface area contributed by atoms with Gasteiger partial charge >= 0.3 is 12.0 Å². The van der Waals surface area contributed by atoms with Crippen molar-refractivity contribution in [3.05, 3.63) is 24.3 Å². The highest BCUT2D eigenvalue weighted by atomic mass is 16.4. The van der Waals surface area contributed by atoms with Crippen LogP contribution in [0.4, 0.5) is 10.5 Å². The van der Waals surface area contributed by atoms with E-state index >= 15 is 0 Å². The third kappa shape index (κ3) is 3.37. The molecule has 0 radical (unpaired) electrons. The van der Waals surface area contributed by atoms with Crippen LogP contribution in [0, 0.1) is 0 Å². The minimum absolute atomic E-state index is 0.0534. The summed E-state index contributed by atoms with van der Waals surface area (Å²) in [6.45, 7) is 3.59. The molecule has 2 N–H and O–H groups in total. The number of benzene rings is 1. The Morgan fingerprint density at radius 2 is 2.00 bits per heavy atom. The van der Waals surface area contributed by atoms with Gasteiger partial charge in [-0.25, -0.2) is 9.59 Å². The number of carbonyl (C=O) groups excluding carboxylic acids is 1. The summed E-state index contributed by atoms with van der Waals surface area (Å²) in [6.07, 6.45) is 0. The molecule has 0 heterocycles. The molecule has 6 heteroatoms. The molecule has 0 bridgehead atoms. The Morgan fingerprint density at radius 3 is 2.47 bits per heavy atom. The second-order valence-corrected chi connectivity index (χ2v) is 4.17. The predicted octanol–water partition coefficient (Wildman–Crippen LogP) is 1.74. The molecule has 0 aliphatic rings. The summed E-state index contributed by atoms with van der Waals surface area (Å²) in [7, 11) is 1.44. The number of nitrogens with zero attached hydrogens (tertiary/aromatic N) is 2. The van der Waals surface area contributed by atoms with Gasteiger partial charge in [-0.15, -0.1) is 0 Å². The van der Waals surface area contributed by atoms with Gasteiger partial charge in [-0.2, -0.15) is 0 Å². The number of carbonyl (C=O) groups is 2. The summed E-state index contributed by atoms with van der Waals surface area (Å²) in [5, 5.41) is 18.3. The van der Waals surface area contributed by atoms with Crippen LogP contribution >= 0.6 is 0 Å². The van der Waals surface area contributed by atoms with E-state index in [0.29, 0.717) is 12.2 Å². The lowest BCUT2D eigenvalue weighted by atomic mass is 10.2. The maximum Gasteiger partial charge on any atom is 0.326 e. The molecule has 0 aliphatic heterocycles. The van der Waals surface area contributed by atoms with Gasteiger partial charge in [0, 0.05) is 25.3 Å². The van der Waals surface area contributed by atoms with Gasteiger partial charge < -0.3 is 15.1 Å². The highest BCUT2D eigenvalue weighted by Crippen LogP contribution is 2.21. The van der Waals surface area contributed by atoms with Gasteiger partial charge in [-0.05, 0) is 26.0 Å². The van der Waals surface area contributed by atoms with E-state index in [0.717, 1.165) is 4.90 Å². The smallest absolute Gasteiger partial charge is 0.326 e. The number of carboxylic acids is 1. The summed E-state index contributed by atoms with van der Waals surface area (Å²) in [4.78, 5) is 25.7. The van der Waals surface area contributed by atoms with Crippen LogP contribution in [0.25, 0.3) is 0 Å². The van der Waals surface area contributed by atoms with Gasteiger partial charge in [-0.1, -0.05) is 6.07 Å². The molecule has 0 fully saturated rings. The fraction of sp³-hybridized carbons (Fsp3) is 0.385. The largest absolute Gasteiger partial charge is 0.508 e. The van der Waals surface area contributed by atoms with E-state index in [1.54, 1.807) is 19.1 Å². The van der Waals surface area contributed by atoms with Crippen molar-refractivity contribution in [1.29, 1.82) is 0 Å². The molecule has 6 nitrogen and oxygen atoms in total. The topological polar surface area (TPSA) is 81.1 Å². The molecule has 0 aromatic heterocycles. The van der Waals surface area contributed by atoms with Crippen LogP contribution in [0.1, 0.15) is 13.8 Å². The third-order valence-electron chi connectivity index (χ3n) is 2.93. The van der Waals surface area contributed by atoms with Crippen LogP contribution in [-0.4, -0.2) is 46.7 Å². The number of phenols is 1. The first-order valence-corrected chi connectivity index (χ1v) is 5.94. The van der Waals surface area contributed by atoms with E-state index in [2.05, 4.69) is 0 Å². The normalized spacial score (nSPS) is 11.7. The van der Waals surface area contributed by atoms with Gasteiger partial charge in [0.05, 0.1) is 0 Å². The third-order valence-corrected chi connectivity index (χ3v) is 2.93. The summed E-state index contributed by atoms with van der Waals surface area (Å²) < 4.78 is 0. The number of anilines is 1. The molecular formula is C13H18N2O4. The summed E-state index contributed by atoms with van der Waals surface area (Å²) in [6, 6.07) is 4.93. The van der Waals surface area contributed by atoms with Crippen molar-refractivity contribution in [2.75, 3.05) is 18.5 Å². The van der Waals surface area contributed by atoms with Gasteiger partial charge in [0.25, 0.3) is 0 Å². The van der Waals surface area contributed by atoms with E-state index in [4.69, 9.17) is 5.11 Å². The van der Waals surface area contributed by atoms with Crippen LogP contribution in [-0.2, 0) is 4.79 Å². The molecule has 0 aliphatic carbocycles. The van der Waals surface area contributed by atoms with Crippen LogP contribution in [0.3, 0.4) is 0 Å². The van der Waals surface area contributed by atoms with E-state index in [-0.39, 0.29) is 5.75 Å². The second kappa shape index (κ2) is 6.08. The zero-order chi connectivity index (χ0) is 14.6. The molecule has 1 unspecified atom stereocenters. The first kappa shape index (κ1) is 14.8. The molecule has 1 aromatic rings. The Labute approximate surface area is 111 Å². The van der Waals surface area contributed by atoms with Crippen molar-refractivity contribution in [2.24, 2.45) is 0 Å².